The van der Waals surface area contributed by atoms with E-state index in [0.29, 0.717) is 10.6 Å². The standard InChI is InChI=1S/C16H16ClNO/c1-11-7-3-4-8-13(11)12(2)18-16(19)14-9-5-6-10-15(14)17/h3-10,12H,1-2H3,(H,18,19). The van der Waals surface area contributed by atoms with Gasteiger partial charge < -0.3 is 5.32 Å². The van der Waals surface area contributed by atoms with E-state index in [0.717, 1.165) is 11.1 Å². The molecule has 2 aromatic carbocycles. The zero-order valence-electron chi connectivity index (χ0n) is 11.0. The lowest BCUT2D eigenvalue weighted by Crippen LogP contribution is -2.27. The molecule has 0 aliphatic heterocycles. The lowest BCUT2D eigenvalue weighted by Gasteiger charge is -2.17. The Hall–Kier alpha value is -1.80. The maximum Gasteiger partial charge on any atom is 0.253 e. The van der Waals surface area contributed by atoms with E-state index in [1.54, 1.807) is 18.2 Å². The average Bonchev–Trinajstić information content (AvgIpc) is 2.39. The van der Waals surface area contributed by atoms with Crippen molar-refractivity contribution < 1.29 is 4.79 Å². The highest BCUT2D eigenvalue weighted by molar-refractivity contribution is 6.33. The van der Waals surface area contributed by atoms with Gasteiger partial charge in [0, 0.05) is 0 Å². The average molecular weight is 274 g/mol. The zero-order chi connectivity index (χ0) is 13.8. The van der Waals surface area contributed by atoms with Gasteiger partial charge in [0.1, 0.15) is 0 Å². The Kier molecular flexibility index (Phi) is 4.23. The Morgan fingerprint density at radius 2 is 1.74 bits per heavy atom. The summed E-state index contributed by atoms with van der Waals surface area (Å²) in [7, 11) is 0. The predicted octanol–water partition coefficient (Wildman–Crippen LogP) is 4.14. The van der Waals surface area contributed by atoms with E-state index in [4.69, 9.17) is 11.6 Å². The van der Waals surface area contributed by atoms with Crippen LogP contribution in [0.1, 0.15) is 34.5 Å². The minimum Gasteiger partial charge on any atom is -0.345 e. The van der Waals surface area contributed by atoms with E-state index in [-0.39, 0.29) is 11.9 Å². The molecule has 0 fully saturated rings. The van der Waals surface area contributed by atoms with Crippen molar-refractivity contribution in [1.29, 1.82) is 0 Å². The first kappa shape index (κ1) is 13.6. The first-order valence-electron chi connectivity index (χ1n) is 6.20. The molecule has 0 aliphatic carbocycles. The molecule has 98 valence electrons. The fourth-order valence-corrected chi connectivity index (χ4v) is 2.29. The van der Waals surface area contributed by atoms with Crippen LogP contribution in [0.25, 0.3) is 0 Å². The Morgan fingerprint density at radius 1 is 1.11 bits per heavy atom. The first-order valence-corrected chi connectivity index (χ1v) is 6.58. The maximum absolute atomic E-state index is 12.2. The van der Waals surface area contributed by atoms with Crippen molar-refractivity contribution in [2.75, 3.05) is 0 Å². The Balaban J connectivity index is 2.16. The summed E-state index contributed by atoms with van der Waals surface area (Å²) in [5.74, 6) is -0.152. The van der Waals surface area contributed by atoms with Gasteiger partial charge in [0.25, 0.3) is 5.91 Å². The topological polar surface area (TPSA) is 29.1 Å². The van der Waals surface area contributed by atoms with Gasteiger partial charge >= 0.3 is 0 Å². The van der Waals surface area contributed by atoms with Crippen molar-refractivity contribution in [2.24, 2.45) is 0 Å². The minimum absolute atomic E-state index is 0.0510. The molecule has 1 N–H and O–H groups in total. The van der Waals surface area contributed by atoms with Gasteiger partial charge in [-0.3, -0.25) is 4.79 Å². The fraction of sp³-hybridized carbons (Fsp3) is 0.188. The number of carbonyl (C=O) groups excluding carboxylic acids is 1. The van der Waals surface area contributed by atoms with Crippen LogP contribution in [-0.2, 0) is 0 Å². The van der Waals surface area contributed by atoms with Crippen molar-refractivity contribution in [3.63, 3.8) is 0 Å². The van der Waals surface area contributed by atoms with Gasteiger partial charge in [-0.1, -0.05) is 48.0 Å². The van der Waals surface area contributed by atoms with E-state index in [9.17, 15) is 4.79 Å². The number of hydrogen-bond acceptors (Lipinski definition) is 1. The number of carbonyl (C=O) groups is 1. The number of halogens is 1. The van der Waals surface area contributed by atoms with Crippen LogP contribution < -0.4 is 5.32 Å². The molecule has 2 rings (SSSR count). The van der Waals surface area contributed by atoms with Crippen molar-refractivity contribution in [2.45, 2.75) is 19.9 Å². The molecule has 0 aliphatic rings. The minimum atomic E-state index is -0.152. The van der Waals surface area contributed by atoms with Crippen LogP contribution in [0.2, 0.25) is 5.02 Å². The monoisotopic (exact) mass is 273 g/mol. The molecule has 1 unspecified atom stereocenters. The third-order valence-corrected chi connectivity index (χ3v) is 3.45. The van der Waals surface area contributed by atoms with Gasteiger partial charge in [-0.25, -0.2) is 0 Å². The van der Waals surface area contributed by atoms with Gasteiger partial charge in [-0.05, 0) is 37.1 Å². The predicted molar refractivity (Wildman–Crippen MR) is 78.5 cm³/mol. The molecule has 2 aromatic rings. The highest BCUT2D eigenvalue weighted by Crippen LogP contribution is 2.19. The summed E-state index contributed by atoms with van der Waals surface area (Å²) in [4.78, 5) is 12.2. The smallest absolute Gasteiger partial charge is 0.253 e. The molecule has 0 spiro atoms. The van der Waals surface area contributed by atoms with Gasteiger partial charge in [-0.15, -0.1) is 0 Å². The molecule has 19 heavy (non-hydrogen) atoms. The number of aryl methyl sites for hydroxylation is 1. The second kappa shape index (κ2) is 5.89. The SMILES string of the molecule is Cc1ccccc1C(C)NC(=O)c1ccccc1Cl. The number of nitrogens with one attached hydrogen (secondary N) is 1. The van der Waals surface area contributed by atoms with Crippen LogP contribution >= 0.6 is 11.6 Å². The van der Waals surface area contributed by atoms with Gasteiger partial charge in [-0.2, -0.15) is 0 Å². The summed E-state index contributed by atoms with van der Waals surface area (Å²) in [5, 5.41) is 3.44. The van der Waals surface area contributed by atoms with Gasteiger partial charge in [0.15, 0.2) is 0 Å². The zero-order valence-corrected chi connectivity index (χ0v) is 11.7. The normalized spacial score (nSPS) is 11.9. The van der Waals surface area contributed by atoms with E-state index < -0.39 is 0 Å². The quantitative estimate of drug-likeness (QED) is 0.895. The van der Waals surface area contributed by atoms with E-state index >= 15 is 0 Å². The summed E-state index contributed by atoms with van der Waals surface area (Å²) in [5.41, 5.74) is 2.78. The number of hydrogen-bond donors (Lipinski definition) is 1. The number of rotatable bonds is 3. The van der Waals surface area contributed by atoms with Crippen LogP contribution in [0, 0.1) is 6.92 Å². The Bertz CT molecular complexity index is 595. The van der Waals surface area contributed by atoms with Crippen LogP contribution in [0.15, 0.2) is 48.5 Å². The van der Waals surface area contributed by atoms with E-state index in [1.807, 2.05) is 44.2 Å². The second-order valence-electron chi connectivity index (χ2n) is 4.53. The Morgan fingerprint density at radius 3 is 2.42 bits per heavy atom. The van der Waals surface area contributed by atoms with E-state index in [1.165, 1.54) is 0 Å². The third kappa shape index (κ3) is 3.15. The van der Waals surface area contributed by atoms with Gasteiger partial charge in [0.05, 0.1) is 16.6 Å². The maximum atomic E-state index is 12.2. The highest BCUT2D eigenvalue weighted by atomic mass is 35.5. The van der Waals surface area contributed by atoms with Crippen LogP contribution in [0.3, 0.4) is 0 Å². The van der Waals surface area contributed by atoms with Crippen molar-refractivity contribution in [3.05, 3.63) is 70.2 Å². The number of amides is 1. The fourth-order valence-electron chi connectivity index (χ4n) is 2.07. The molecule has 0 aromatic heterocycles. The molecule has 0 radical (unpaired) electrons. The summed E-state index contributed by atoms with van der Waals surface area (Å²) >= 11 is 6.02. The Labute approximate surface area is 118 Å². The molecule has 1 amide bonds. The molecule has 0 saturated heterocycles. The van der Waals surface area contributed by atoms with E-state index in [2.05, 4.69) is 5.32 Å². The van der Waals surface area contributed by atoms with Crippen molar-refractivity contribution in [1.82, 2.24) is 5.32 Å². The molecule has 2 nitrogen and oxygen atoms in total. The van der Waals surface area contributed by atoms with Crippen molar-refractivity contribution in [3.8, 4) is 0 Å². The largest absolute Gasteiger partial charge is 0.345 e. The molecular weight excluding hydrogens is 258 g/mol. The number of benzene rings is 2. The van der Waals surface area contributed by atoms with Crippen LogP contribution in [0.5, 0.6) is 0 Å². The van der Waals surface area contributed by atoms with Crippen molar-refractivity contribution >= 4 is 17.5 Å². The first-order chi connectivity index (χ1) is 9.09. The summed E-state index contributed by atoms with van der Waals surface area (Å²) < 4.78 is 0. The highest BCUT2D eigenvalue weighted by Gasteiger charge is 2.14. The molecule has 0 bridgehead atoms. The summed E-state index contributed by atoms with van der Waals surface area (Å²) in [6, 6.07) is 15.0. The molecule has 0 heterocycles. The van der Waals surface area contributed by atoms with Crippen LogP contribution in [-0.4, -0.2) is 5.91 Å². The molecule has 3 heteroatoms. The third-order valence-electron chi connectivity index (χ3n) is 3.12. The van der Waals surface area contributed by atoms with Crippen LogP contribution in [0.4, 0.5) is 0 Å². The second-order valence-corrected chi connectivity index (χ2v) is 4.94. The lowest BCUT2D eigenvalue weighted by atomic mass is 10.0. The molecule has 0 saturated carbocycles. The van der Waals surface area contributed by atoms with Gasteiger partial charge in [0.2, 0.25) is 0 Å². The molecular formula is C16H16ClNO. The lowest BCUT2D eigenvalue weighted by molar-refractivity contribution is 0.0940. The summed E-state index contributed by atoms with van der Waals surface area (Å²) in [6.45, 7) is 4.00. The molecule has 1 atom stereocenters. The summed E-state index contributed by atoms with van der Waals surface area (Å²) in [6.07, 6.45) is 0.